The van der Waals surface area contributed by atoms with Crippen LogP contribution in [0.2, 0.25) is 0 Å². The molecule has 5 nitrogen and oxygen atoms in total. The Morgan fingerprint density at radius 2 is 2.35 bits per heavy atom. The van der Waals surface area contributed by atoms with E-state index in [0.717, 1.165) is 5.76 Å². The lowest BCUT2D eigenvalue weighted by molar-refractivity contribution is 0.126. The van der Waals surface area contributed by atoms with Crippen LogP contribution in [0.3, 0.4) is 0 Å². The summed E-state index contributed by atoms with van der Waals surface area (Å²) in [6.45, 7) is 2.67. The number of ether oxygens (including phenoxy) is 1. The van der Waals surface area contributed by atoms with E-state index in [1.165, 1.54) is 0 Å². The maximum atomic E-state index is 11.9. The van der Waals surface area contributed by atoms with E-state index < -0.39 is 15.3 Å². The molecule has 2 unspecified atom stereocenters. The van der Waals surface area contributed by atoms with E-state index in [1.807, 2.05) is 6.07 Å². The Bertz CT molecular complexity index is 440. The Labute approximate surface area is 101 Å². The maximum absolute atomic E-state index is 11.9. The summed E-state index contributed by atoms with van der Waals surface area (Å²) in [7, 11) is -3.28. The average Bonchev–Trinajstić information content (AvgIpc) is 2.88. The zero-order chi connectivity index (χ0) is 12.3. The lowest BCUT2D eigenvalue weighted by Gasteiger charge is -2.15. The van der Waals surface area contributed by atoms with Crippen LogP contribution in [0, 0.1) is 0 Å². The van der Waals surface area contributed by atoms with Crippen molar-refractivity contribution in [1.29, 1.82) is 0 Å². The van der Waals surface area contributed by atoms with Crippen molar-refractivity contribution in [2.24, 2.45) is 0 Å². The van der Waals surface area contributed by atoms with Gasteiger partial charge in [0.15, 0.2) is 0 Å². The molecule has 0 spiro atoms. The molecule has 0 aliphatic carbocycles. The van der Waals surface area contributed by atoms with E-state index in [4.69, 9.17) is 9.15 Å². The first kappa shape index (κ1) is 12.6. The highest BCUT2D eigenvalue weighted by molar-refractivity contribution is 7.90. The van der Waals surface area contributed by atoms with Crippen LogP contribution in [0.25, 0.3) is 0 Å². The average molecular weight is 259 g/mol. The van der Waals surface area contributed by atoms with Crippen LogP contribution in [0.15, 0.2) is 22.8 Å². The molecule has 0 aromatic carbocycles. The van der Waals surface area contributed by atoms with E-state index in [1.54, 1.807) is 19.3 Å². The molecule has 1 N–H and O–H groups in total. The molecule has 2 rings (SSSR count). The van der Waals surface area contributed by atoms with Crippen molar-refractivity contribution < 1.29 is 17.6 Å². The van der Waals surface area contributed by atoms with Gasteiger partial charge in [0.05, 0.1) is 12.4 Å². The highest BCUT2D eigenvalue weighted by atomic mass is 32.2. The number of hydrogen-bond donors (Lipinski definition) is 1. The first-order valence-electron chi connectivity index (χ1n) is 5.72. The van der Waals surface area contributed by atoms with Crippen LogP contribution in [0.1, 0.15) is 19.1 Å². The Hall–Kier alpha value is -0.850. The molecule has 1 aromatic rings. The topological polar surface area (TPSA) is 68.5 Å². The van der Waals surface area contributed by atoms with Gasteiger partial charge < -0.3 is 9.15 Å². The summed E-state index contributed by atoms with van der Waals surface area (Å²) in [4.78, 5) is 0. The highest BCUT2D eigenvalue weighted by Crippen LogP contribution is 2.19. The lowest BCUT2D eigenvalue weighted by atomic mass is 10.3. The first-order chi connectivity index (χ1) is 8.09. The van der Waals surface area contributed by atoms with Crippen LogP contribution in [0.5, 0.6) is 0 Å². The van der Waals surface area contributed by atoms with Crippen molar-refractivity contribution >= 4 is 10.0 Å². The minimum absolute atomic E-state index is 0.226. The fourth-order valence-electron chi connectivity index (χ4n) is 2.00. The summed E-state index contributed by atoms with van der Waals surface area (Å²) in [6, 6.07) is 3.62. The van der Waals surface area contributed by atoms with Gasteiger partial charge in [0, 0.05) is 19.6 Å². The third-order valence-corrected chi connectivity index (χ3v) is 4.98. The van der Waals surface area contributed by atoms with Gasteiger partial charge in [-0.15, -0.1) is 0 Å². The van der Waals surface area contributed by atoms with Crippen molar-refractivity contribution in [3.8, 4) is 0 Å². The SMILES string of the molecule is CC1OCCC1S(=O)(=O)NCCc1ccco1. The van der Waals surface area contributed by atoms with Gasteiger partial charge in [-0.05, 0) is 25.5 Å². The zero-order valence-electron chi connectivity index (χ0n) is 9.76. The minimum atomic E-state index is -3.28. The third kappa shape index (κ3) is 3.08. The minimum Gasteiger partial charge on any atom is -0.469 e. The zero-order valence-corrected chi connectivity index (χ0v) is 10.6. The summed E-state index contributed by atoms with van der Waals surface area (Å²) < 4.78 is 36.9. The number of sulfonamides is 1. The van der Waals surface area contributed by atoms with Crippen molar-refractivity contribution in [2.45, 2.75) is 31.1 Å². The van der Waals surface area contributed by atoms with E-state index in [9.17, 15) is 8.42 Å². The molecule has 17 heavy (non-hydrogen) atoms. The quantitative estimate of drug-likeness (QED) is 0.853. The van der Waals surface area contributed by atoms with Crippen molar-refractivity contribution in [1.82, 2.24) is 4.72 Å². The molecule has 1 saturated heterocycles. The molecule has 96 valence electrons. The van der Waals surface area contributed by atoms with E-state index in [2.05, 4.69) is 4.72 Å². The molecule has 6 heteroatoms. The van der Waals surface area contributed by atoms with E-state index >= 15 is 0 Å². The maximum Gasteiger partial charge on any atom is 0.217 e. The second-order valence-corrected chi connectivity index (χ2v) is 6.16. The van der Waals surface area contributed by atoms with Gasteiger partial charge in [-0.1, -0.05) is 0 Å². The number of rotatable bonds is 5. The molecule has 1 aromatic heterocycles. The Kier molecular flexibility index (Phi) is 3.86. The van der Waals surface area contributed by atoms with Crippen LogP contribution in [-0.4, -0.2) is 32.9 Å². The molecule has 0 amide bonds. The fraction of sp³-hybridized carbons (Fsp3) is 0.636. The molecule has 2 atom stereocenters. The molecule has 1 aliphatic heterocycles. The van der Waals surface area contributed by atoms with Gasteiger partial charge in [0.25, 0.3) is 0 Å². The number of furan rings is 1. The second-order valence-electron chi connectivity index (χ2n) is 4.17. The molecule has 0 bridgehead atoms. The van der Waals surface area contributed by atoms with Crippen molar-refractivity contribution in [3.05, 3.63) is 24.2 Å². The summed E-state index contributed by atoms with van der Waals surface area (Å²) >= 11 is 0. The molecule has 1 fully saturated rings. The molecule has 0 saturated carbocycles. The largest absolute Gasteiger partial charge is 0.469 e. The summed E-state index contributed by atoms with van der Waals surface area (Å²) in [6.07, 6.45) is 2.48. The van der Waals surface area contributed by atoms with Crippen LogP contribution >= 0.6 is 0 Å². The Morgan fingerprint density at radius 3 is 2.94 bits per heavy atom. The van der Waals surface area contributed by atoms with Gasteiger partial charge in [0.2, 0.25) is 10.0 Å². The summed E-state index contributed by atoms with van der Waals surface area (Å²) in [5, 5.41) is -0.431. The predicted molar refractivity (Wildman–Crippen MR) is 63.2 cm³/mol. The van der Waals surface area contributed by atoms with E-state index in [-0.39, 0.29) is 6.10 Å². The van der Waals surface area contributed by atoms with Crippen molar-refractivity contribution in [2.75, 3.05) is 13.2 Å². The monoisotopic (exact) mass is 259 g/mol. The van der Waals surface area contributed by atoms with Gasteiger partial charge in [-0.3, -0.25) is 0 Å². The van der Waals surface area contributed by atoms with E-state index in [0.29, 0.717) is 26.0 Å². The van der Waals surface area contributed by atoms with Gasteiger partial charge in [-0.25, -0.2) is 13.1 Å². The van der Waals surface area contributed by atoms with Gasteiger partial charge in [0.1, 0.15) is 11.0 Å². The molecule has 1 aliphatic rings. The predicted octanol–water partition coefficient (Wildman–Crippen LogP) is 0.919. The molecule has 2 heterocycles. The molecular weight excluding hydrogens is 242 g/mol. The van der Waals surface area contributed by atoms with Gasteiger partial charge >= 0.3 is 0 Å². The van der Waals surface area contributed by atoms with Crippen LogP contribution in [0.4, 0.5) is 0 Å². The summed E-state index contributed by atoms with van der Waals surface area (Å²) in [5.74, 6) is 0.781. The first-order valence-corrected chi connectivity index (χ1v) is 7.27. The van der Waals surface area contributed by atoms with Crippen LogP contribution < -0.4 is 4.72 Å². The Balaban J connectivity index is 1.85. The fourth-order valence-corrected chi connectivity index (χ4v) is 3.59. The van der Waals surface area contributed by atoms with Gasteiger partial charge in [-0.2, -0.15) is 0 Å². The molecular formula is C11H17NO4S. The second kappa shape index (κ2) is 5.20. The highest BCUT2D eigenvalue weighted by Gasteiger charge is 2.35. The number of hydrogen-bond acceptors (Lipinski definition) is 4. The standard InChI is InChI=1S/C11H17NO4S/c1-9-11(5-8-15-9)17(13,14)12-6-4-10-3-2-7-16-10/h2-3,7,9,11-12H,4-6,8H2,1H3. The number of nitrogens with one attached hydrogen (secondary N) is 1. The third-order valence-electron chi connectivity index (χ3n) is 2.96. The van der Waals surface area contributed by atoms with Crippen LogP contribution in [-0.2, 0) is 21.2 Å². The van der Waals surface area contributed by atoms with Crippen molar-refractivity contribution in [3.63, 3.8) is 0 Å². The lowest BCUT2D eigenvalue weighted by Crippen LogP contribution is -2.39. The summed E-state index contributed by atoms with van der Waals surface area (Å²) in [5.41, 5.74) is 0. The smallest absolute Gasteiger partial charge is 0.217 e. The normalized spacial score (nSPS) is 25.2. The Morgan fingerprint density at radius 1 is 1.53 bits per heavy atom. The molecule has 0 radical (unpaired) electrons.